The highest BCUT2D eigenvalue weighted by Crippen LogP contribution is 2.43. The summed E-state index contributed by atoms with van der Waals surface area (Å²) in [5, 5.41) is 10.1. The van der Waals surface area contributed by atoms with E-state index < -0.39 is 0 Å². The first kappa shape index (κ1) is 21.2. The van der Waals surface area contributed by atoms with Gasteiger partial charge in [0.05, 0.1) is 0 Å². The number of hydrogen-bond acceptors (Lipinski definition) is 3. The maximum Gasteiger partial charge on any atom is 0.115 e. The fourth-order valence-corrected chi connectivity index (χ4v) is 5.73. The van der Waals surface area contributed by atoms with E-state index in [1.54, 1.807) is 6.07 Å². The molecule has 1 N–H and O–H groups in total. The molecule has 0 radical (unpaired) electrons. The zero-order chi connectivity index (χ0) is 22.1. The van der Waals surface area contributed by atoms with Crippen LogP contribution in [0, 0.1) is 5.92 Å². The molecule has 3 heteroatoms. The number of piperazine rings is 1. The van der Waals surface area contributed by atoms with Crippen molar-refractivity contribution in [2.24, 2.45) is 5.92 Å². The van der Waals surface area contributed by atoms with Gasteiger partial charge in [0.1, 0.15) is 5.75 Å². The van der Waals surface area contributed by atoms with Crippen LogP contribution in [0.5, 0.6) is 5.75 Å². The molecule has 2 aliphatic rings. The lowest BCUT2D eigenvalue weighted by Gasteiger charge is -2.53. The highest BCUT2D eigenvalue weighted by atomic mass is 16.3. The number of fused-ring (bicyclic) bond motifs is 1. The Bertz CT molecular complexity index is 1050. The van der Waals surface area contributed by atoms with Crippen LogP contribution >= 0.6 is 0 Å². The Balaban J connectivity index is 1.27. The van der Waals surface area contributed by atoms with E-state index in [1.807, 2.05) is 12.1 Å². The molecule has 166 valence electrons. The van der Waals surface area contributed by atoms with Crippen molar-refractivity contribution < 1.29 is 5.11 Å². The van der Waals surface area contributed by atoms with Crippen molar-refractivity contribution in [1.82, 2.24) is 9.80 Å². The number of piperidine rings is 1. The molecule has 3 nitrogen and oxygen atoms in total. The van der Waals surface area contributed by atoms with Gasteiger partial charge in [0, 0.05) is 38.8 Å². The van der Waals surface area contributed by atoms with Crippen molar-refractivity contribution >= 4 is 0 Å². The maximum atomic E-state index is 10.1. The van der Waals surface area contributed by atoms with Gasteiger partial charge in [0.2, 0.25) is 0 Å². The fourth-order valence-electron chi connectivity index (χ4n) is 5.73. The molecule has 0 amide bonds. The van der Waals surface area contributed by atoms with Crippen molar-refractivity contribution in [2.75, 3.05) is 26.2 Å². The Labute approximate surface area is 192 Å². The highest BCUT2D eigenvalue weighted by Gasteiger charge is 2.44. The summed E-state index contributed by atoms with van der Waals surface area (Å²) in [7, 11) is 0. The Kier molecular flexibility index (Phi) is 5.79. The third-order valence-corrected chi connectivity index (χ3v) is 7.92. The standard InChI is InChI=1S/C29H34N2O/c1-22-19-31-16-15-30(20-23-11-13-25(14-12-23)24-7-4-3-5-8-24)21-27(31)18-29(22,2)26-9-6-10-28(32)17-26/h3-14,17,22,27,32H,15-16,18-21H2,1-2H3/t22-,27+,29+/m0/s1. The molecule has 3 aromatic rings. The summed E-state index contributed by atoms with van der Waals surface area (Å²) in [6.45, 7) is 10.3. The van der Waals surface area contributed by atoms with Gasteiger partial charge in [-0.25, -0.2) is 0 Å². The van der Waals surface area contributed by atoms with E-state index in [0.717, 1.165) is 39.1 Å². The smallest absolute Gasteiger partial charge is 0.115 e. The molecule has 3 atom stereocenters. The topological polar surface area (TPSA) is 26.7 Å². The van der Waals surface area contributed by atoms with Crippen molar-refractivity contribution in [3.8, 4) is 16.9 Å². The zero-order valence-corrected chi connectivity index (χ0v) is 19.2. The Hall–Kier alpha value is -2.62. The van der Waals surface area contributed by atoms with Crippen LogP contribution in [-0.4, -0.2) is 47.1 Å². The minimum absolute atomic E-state index is 0.0975. The quantitative estimate of drug-likeness (QED) is 0.593. The molecule has 0 bridgehead atoms. The maximum absolute atomic E-state index is 10.1. The Morgan fingerprint density at radius 3 is 2.38 bits per heavy atom. The number of phenols is 1. The summed E-state index contributed by atoms with van der Waals surface area (Å²) in [6.07, 6.45) is 1.14. The van der Waals surface area contributed by atoms with Crippen molar-refractivity contribution in [3.63, 3.8) is 0 Å². The van der Waals surface area contributed by atoms with E-state index in [-0.39, 0.29) is 5.41 Å². The van der Waals surface area contributed by atoms with Crippen LogP contribution in [0.25, 0.3) is 11.1 Å². The first-order valence-electron chi connectivity index (χ1n) is 11.9. The normalized spacial score (nSPS) is 26.6. The van der Waals surface area contributed by atoms with Gasteiger partial charge >= 0.3 is 0 Å². The van der Waals surface area contributed by atoms with Crippen LogP contribution in [0.4, 0.5) is 0 Å². The van der Waals surface area contributed by atoms with Gasteiger partial charge in [-0.3, -0.25) is 9.80 Å². The van der Waals surface area contributed by atoms with Crippen LogP contribution in [0.15, 0.2) is 78.9 Å². The average molecular weight is 427 g/mol. The van der Waals surface area contributed by atoms with Crippen molar-refractivity contribution in [3.05, 3.63) is 90.0 Å². The number of aromatic hydroxyl groups is 1. The number of benzene rings is 3. The molecule has 2 aliphatic heterocycles. The highest BCUT2D eigenvalue weighted by molar-refractivity contribution is 5.63. The lowest BCUT2D eigenvalue weighted by molar-refractivity contribution is -0.00557. The van der Waals surface area contributed by atoms with Crippen molar-refractivity contribution in [2.45, 2.75) is 38.3 Å². The number of hydrogen-bond donors (Lipinski definition) is 1. The molecule has 3 aromatic carbocycles. The molecule has 2 saturated heterocycles. The van der Waals surface area contributed by atoms with E-state index in [2.05, 4.69) is 84.3 Å². The van der Waals surface area contributed by atoms with E-state index in [9.17, 15) is 5.11 Å². The molecular formula is C29H34N2O. The van der Waals surface area contributed by atoms with E-state index >= 15 is 0 Å². The molecule has 0 unspecified atom stereocenters. The Morgan fingerprint density at radius 2 is 1.62 bits per heavy atom. The lowest BCUT2D eigenvalue weighted by atomic mass is 9.65. The summed E-state index contributed by atoms with van der Waals surface area (Å²) in [6, 6.07) is 28.2. The predicted molar refractivity (Wildman–Crippen MR) is 132 cm³/mol. The minimum atomic E-state index is 0.0975. The van der Waals surface area contributed by atoms with Crippen LogP contribution in [0.3, 0.4) is 0 Å². The Morgan fingerprint density at radius 1 is 0.875 bits per heavy atom. The number of rotatable bonds is 4. The van der Waals surface area contributed by atoms with Crippen LogP contribution < -0.4 is 0 Å². The van der Waals surface area contributed by atoms with Gasteiger partial charge in [-0.05, 0) is 52.1 Å². The lowest BCUT2D eigenvalue weighted by Crippen LogP contribution is -2.60. The number of phenolic OH excluding ortho intramolecular Hbond substituents is 1. The average Bonchev–Trinajstić information content (AvgIpc) is 2.81. The first-order valence-corrected chi connectivity index (χ1v) is 11.9. The first-order chi connectivity index (χ1) is 15.5. The molecule has 0 spiro atoms. The van der Waals surface area contributed by atoms with E-state index in [4.69, 9.17) is 0 Å². The summed E-state index contributed by atoms with van der Waals surface area (Å²) in [5.41, 5.74) is 5.31. The molecular weight excluding hydrogens is 392 g/mol. The number of nitrogens with zero attached hydrogens (tertiary/aromatic N) is 2. The van der Waals surface area contributed by atoms with E-state index in [0.29, 0.717) is 17.7 Å². The monoisotopic (exact) mass is 426 g/mol. The second-order valence-electron chi connectivity index (χ2n) is 10.0. The fraction of sp³-hybridized carbons (Fsp3) is 0.379. The summed E-state index contributed by atoms with van der Waals surface area (Å²) in [4.78, 5) is 5.32. The second-order valence-corrected chi connectivity index (χ2v) is 10.0. The van der Waals surface area contributed by atoms with Gasteiger partial charge in [-0.1, -0.05) is 80.6 Å². The zero-order valence-electron chi connectivity index (χ0n) is 19.2. The largest absolute Gasteiger partial charge is 0.508 e. The predicted octanol–water partition coefficient (Wildman–Crippen LogP) is 5.54. The van der Waals surface area contributed by atoms with E-state index in [1.165, 1.54) is 22.3 Å². The van der Waals surface area contributed by atoms with Crippen LogP contribution in [0.1, 0.15) is 31.4 Å². The second kappa shape index (κ2) is 8.73. The third kappa shape index (κ3) is 4.20. The van der Waals surface area contributed by atoms with Crippen LogP contribution in [-0.2, 0) is 12.0 Å². The van der Waals surface area contributed by atoms with Gasteiger partial charge in [0.25, 0.3) is 0 Å². The minimum Gasteiger partial charge on any atom is -0.508 e. The van der Waals surface area contributed by atoms with Gasteiger partial charge in [-0.15, -0.1) is 0 Å². The molecule has 0 aromatic heterocycles. The van der Waals surface area contributed by atoms with Crippen molar-refractivity contribution in [1.29, 1.82) is 0 Å². The SMILES string of the molecule is C[C@H]1CN2CCN(Cc3ccc(-c4ccccc4)cc3)C[C@H]2C[C@@]1(C)c1cccc(O)c1. The molecule has 2 fully saturated rings. The summed E-state index contributed by atoms with van der Waals surface area (Å²) >= 11 is 0. The molecule has 2 heterocycles. The molecule has 0 aliphatic carbocycles. The summed E-state index contributed by atoms with van der Waals surface area (Å²) < 4.78 is 0. The van der Waals surface area contributed by atoms with Gasteiger partial charge < -0.3 is 5.11 Å². The molecule has 32 heavy (non-hydrogen) atoms. The molecule has 0 saturated carbocycles. The van der Waals surface area contributed by atoms with Gasteiger partial charge in [0.15, 0.2) is 0 Å². The summed E-state index contributed by atoms with van der Waals surface area (Å²) in [5.74, 6) is 0.945. The van der Waals surface area contributed by atoms with Gasteiger partial charge in [-0.2, -0.15) is 0 Å². The van der Waals surface area contributed by atoms with Crippen LogP contribution in [0.2, 0.25) is 0 Å². The molecule has 5 rings (SSSR count). The third-order valence-electron chi connectivity index (χ3n) is 7.92.